The number of hydrogen-bond acceptors (Lipinski definition) is 4. The molecule has 146 valence electrons. The molecule has 0 fully saturated rings. The minimum Gasteiger partial charge on any atom is -0.493 e. The number of hydrogen-bond donors (Lipinski definition) is 2. The highest BCUT2D eigenvalue weighted by atomic mass is 16.5. The first-order valence-corrected chi connectivity index (χ1v) is 9.20. The predicted octanol–water partition coefficient (Wildman–Crippen LogP) is 3.09. The smallest absolute Gasteiger partial charge is 0.269 e. The van der Waals surface area contributed by atoms with Crippen LogP contribution < -0.4 is 15.6 Å². The summed E-state index contributed by atoms with van der Waals surface area (Å²) < 4.78 is 7.36. The van der Waals surface area contributed by atoms with Crippen LogP contribution in [0.5, 0.6) is 5.75 Å². The summed E-state index contributed by atoms with van der Waals surface area (Å²) >= 11 is 0. The van der Waals surface area contributed by atoms with Gasteiger partial charge in [0.25, 0.3) is 11.8 Å². The van der Waals surface area contributed by atoms with Crippen LogP contribution in [0.2, 0.25) is 0 Å². The second kappa shape index (κ2) is 8.56. The fourth-order valence-electron chi connectivity index (χ4n) is 2.67. The number of aromatic nitrogens is 2. The van der Waals surface area contributed by atoms with E-state index < -0.39 is 11.9 Å². The highest BCUT2D eigenvalue weighted by Gasteiger charge is 2.18. The predicted molar refractivity (Wildman–Crippen MR) is 107 cm³/mol. The van der Waals surface area contributed by atoms with Gasteiger partial charge in [-0.2, -0.15) is 0 Å². The van der Waals surface area contributed by atoms with Gasteiger partial charge >= 0.3 is 0 Å². The van der Waals surface area contributed by atoms with Crippen LogP contribution in [0, 0.1) is 5.92 Å². The van der Waals surface area contributed by atoms with Gasteiger partial charge in [0, 0.05) is 5.56 Å². The summed E-state index contributed by atoms with van der Waals surface area (Å²) in [6, 6.07) is 13.8. The van der Waals surface area contributed by atoms with Gasteiger partial charge in [0.05, 0.1) is 24.0 Å². The number of rotatable bonds is 6. The van der Waals surface area contributed by atoms with Crippen molar-refractivity contribution in [3.63, 3.8) is 0 Å². The van der Waals surface area contributed by atoms with Crippen molar-refractivity contribution in [2.75, 3.05) is 6.61 Å². The highest BCUT2D eigenvalue weighted by molar-refractivity contribution is 5.96. The van der Waals surface area contributed by atoms with Gasteiger partial charge in [0.1, 0.15) is 11.8 Å². The number of ether oxygens (including phenoxy) is 1. The second-order valence-electron chi connectivity index (χ2n) is 6.99. The molecule has 7 nitrogen and oxygen atoms in total. The number of carbonyl (C=O) groups is 2. The van der Waals surface area contributed by atoms with Crippen LogP contribution in [0.4, 0.5) is 0 Å². The molecule has 3 rings (SSSR count). The fraction of sp³-hybridized carbons (Fsp3) is 0.286. The summed E-state index contributed by atoms with van der Waals surface area (Å²) in [5.41, 5.74) is 7.01. The van der Waals surface area contributed by atoms with Crippen molar-refractivity contribution < 1.29 is 14.3 Å². The Hall–Kier alpha value is -3.35. The maximum absolute atomic E-state index is 12.4. The first-order valence-electron chi connectivity index (χ1n) is 9.20. The largest absolute Gasteiger partial charge is 0.493 e. The molecular formula is C21H24N4O3. The van der Waals surface area contributed by atoms with E-state index in [4.69, 9.17) is 4.74 Å². The second-order valence-corrected chi connectivity index (χ2v) is 6.99. The normalized spacial score (nSPS) is 12.0. The molecule has 0 spiro atoms. The molecule has 2 N–H and O–H groups in total. The number of nitrogens with one attached hydrogen (secondary N) is 2. The minimum atomic E-state index is -0.528. The van der Waals surface area contributed by atoms with Crippen LogP contribution in [0.3, 0.4) is 0 Å². The number of fused-ring (bicyclic) bond motifs is 1. The van der Waals surface area contributed by atoms with E-state index >= 15 is 0 Å². The molecular weight excluding hydrogens is 356 g/mol. The molecule has 0 saturated heterocycles. The van der Waals surface area contributed by atoms with Crippen molar-refractivity contribution in [3.05, 3.63) is 60.4 Å². The third-order valence-electron chi connectivity index (χ3n) is 4.28. The molecule has 2 aromatic carbocycles. The van der Waals surface area contributed by atoms with E-state index in [2.05, 4.69) is 29.7 Å². The molecule has 0 saturated carbocycles. The van der Waals surface area contributed by atoms with E-state index in [0.717, 1.165) is 11.0 Å². The molecule has 1 aromatic heterocycles. The first kappa shape index (κ1) is 19.4. The topological polar surface area (TPSA) is 85.3 Å². The quantitative estimate of drug-likeness (QED) is 0.644. The lowest BCUT2D eigenvalue weighted by Crippen LogP contribution is -2.44. The Morgan fingerprint density at radius 3 is 2.46 bits per heavy atom. The summed E-state index contributed by atoms with van der Waals surface area (Å²) in [5, 5.41) is 0. The average molecular weight is 380 g/mol. The monoisotopic (exact) mass is 380 g/mol. The standard InChI is InChI=1S/C21H24N4O3/c1-14(2)12-28-17-10-8-16(9-11-17)21(27)24-23-20(26)15(3)25-13-22-18-6-4-5-7-19(18)25/h4-11,13-15H,12H2,1-3H3,(H,23,26)(H,24,27). The third kappa shape index (κ3) is 4.49. The zero-order valence-corrected chi connectivity index (χ0v) is 16.2. The fourth-order valence-corrected chi connectivity index (χ4v) is 2.67. The molecule has 28 heavy (non-hydrogen) atoms. The van der Waals surface area contributed by atoms with Crippen molar-refractivity contribution in [3.8, 4) is 5.75 Å². The molecule has 0 radical (unpaired) electrons. The van der Waals surface area contributed by atoms with Gasteiger partial charge in [-0.25, -0.2) is 4.98 Å². The van der Waals surface area contributed by atoms with E-state index in [1.165, 1.54) is 0 Å². The Kier molecular flexibility index (Phi) is 5.93. The molecule has 0 aliphatic heterocycles. The van der Waals surface area contributed by atoms with E-state index in [9.17, 15) is 9.59 Å². The Labute approximate surface area is 163 Å². The number of nitrogens with zero attached hydrogens (tertiary/aromatic N) is 2. The van der Waals surface area contributed by atoms with E-state index in [1.807, 2.05) is 24.3 Å². The lowest BCUT2D eigenvalue weighted by molar-refractivity contribution is -0.124. The van der Waals surface area contributed by atoms with Crippen molar-refractivity contribution in [1.29, 1.82) is 0 Å². The van der Waals surface area contributed by atoms with Crippen LogP contribution in [0.25, 0.3) is 11.0 Å². The molecule has 3 aromatic rings. The summed E-state index contributed by atoms with van der Waals surface area (Å²) in [5.74, 6) is 0.391. The molecule has 1 atom stereocenters. The van der Waals surface area contributed by atoms with E-state index in [1.54, 1.807) is 42.1 Å². The number of benzene rings is 2. The van der Waals surface area contributed by atoms with Crippen LogP contribution >= 0.6 is 0 Å². The van der Waals surface area contributed by atoms with Crippen molar-refractivity contribution in [2.24, 2.45) is 5.92 Å². The maximum Gasteiger partial charge on any atom is 0.269 e. The molecule has 7 heteroatoms. The number of hydrazine groups is 1. The Balaban J connectivity index is 1.57. The third-order valence-corrected chi connectivity index (χ3v) is 4.28. The maximum atomic E-state index is 12.4. The van der Waals surface area contributed by atoms with Gasteiger partial charge in [0.2, 0.25) is 0 Å². The SMILES string of the molecule is CC(C)COc1ccc(C(=O)NNC(=O)C(C)n2cnc3ccccc32)cc1. The van der Waals surface area contributed by atoms with Crippen molar-refractivity contribution in [2.45, 2.75) is 26.8 Å². The van der Waals surface area contributed by atoms with E-state index in [0.29, 0.717) is 23.8 Å². The average Bonchev–Trinajstić information content (AvgIpc) is 3.14. The molecule has 0 aliphatic carbocycles. The van der Waals surface area contributed by atoms with Gasteiger partial charge < -0.3 is 9.30 Å². The van der Waals surface area contributed by atoms with Crippen LogP contribution in [-0.4, -0.2) is 28.0 Å². The van der Waals surface area contributed by atoms with Gasteiger partial charge in [0.15, 0.2) is 0 Å². The van der Waals surface area contributed by atoms with Gasteiger partial charge in [-0.1, -0.05) is 26.0 Å². The van der Waals surface area contributed by atoms with Crippen LogP contribution in [0.15, 0.2) is 54.9 Å². The Bertz CT molecular complexity index is 963. The lowest BCUT2D eigenvalue weighted by atomic mass is 10.2. The zero-order chi connectivity index (χ0) is 20.1. The summed E-state index contributed by atoms with van der Waals surface area (Å²) in [7, 11) is 0. The summed E-state index contributed by atoms with van der Waals surface area (Å²) in [6.07, 6.45) is 1.62. The molecule has 1 heterocycles. The first-order chi connectivity index (χ1) is 13.5. The molecule has 1 unspecified atom stereocenters. The van der Waals surface area contributed by atoms with Gasteiger partial charge in [-0.3, -0.25) is 20.4 Å². The number of carbonyl (C=O) groups excluding carboxylic acids is 2. The summed E-state index contributed by atoms with van der Waals surface area (Å²) in [4.78, 5) is 29.0. The number of para-hydroxylation sites is 2. The summed E-state index contributed by atoms with van der Waals surface area (Å²) in [6.45, 7) is 6.50. The van der Waals surface area contributed by atoms with Gasteiger partial charge in [-0.05, 0) is 49.2 Å². The zero-order valence-electron chi connectivity index (χ0n) is 16.2. The van der Waals surface area contributed by atoms with Gasteiger partial charge in [-0.15, -0.1) is 0 Å². The number of imidazole rings is 1. The molecule has 2 amide bonds. The lowest BCUT2D eigenvalue weighted by Gasteiger charge is -2.15. The number of amides is 2. The minimum absolute atomic E-state index is 0.339. The molecule has 0 bridgehead atoms. The Morgan fingerprint density at radius 1 is 1.04 bits per heavy atom. The van der Waals surface area contributed by atoms with Crippen molar-refractivity contribution >= 4 is 22.8 Å². The van der Waals surface area contributed by atoms with Crippen LogP contribution in [0.1, 0.15) is 37.2 Å². The highest BCUT2D eigenvalue weighted by Crippen LogP contribution is 2.17. The Morgan fingerprint density at radius 2 is 1.75 bits per heavy atom. The van der Waals surface area contributed by atoms with Crippen molar-refractivity contribution in [1.82, 2.24) is 20.4 Å². The molecule has 0 aliphatic rings. The van der Waals surface area contributed by atoms with Crippen LogP contribution in [-0.2, 0) is 4.79 Å². The van der Waals surface area contributed by atoms with E-state index in [-0.39, 0.29) is 5.91 Å².